The molecule has 0 spiro atoms. The summed E-state index contributed by atoms with van der Waals surface area (Å²) in [7, 11) is 1.43. The molecule has 1 fully saturated rings. The van der Waals surface area contributed by atoms with E-state index in [9.17, 15) is 9.59 Å². The fourth-order valence-electron chi connectivity index (χ4n) is 3.74. The molecular formula is C22H31ClO3S. The van der Waals surface area contributed by atoms with E-state index in [1.54, 1.807) is 6.08 Å². The van der Waals surface area contributed by atoms with Crippen LogP contribution in [0.2, 0.25) is 0 Å². The second-order valence-corrected chi connectivity index (χ2v) is 9.13. The SMILES string of the molecule is CCCc1cc(C(CC)CCC(=O)/C=C/[C@H]2CC[C@@H](Cl)C2)c(C(=O)OC)s1. The van der Waals surface area contributed by atoms with E-state index in [1.807, 2.05) is 6.08 Å². The van der Waals surface area contributed by atoms with Gasteiger partial charge in [-0.2, -0.15) is 0 Å². The van der Waals surface area contributed by atoms with E-state index in [4.69, 9.17) is 16.3 Å². The van der Waals surface area contributed by atoms with Crippen molar-refractivity contribution < 1.29 is 14.3 Å². The van der Waals surface area contributed by atoms with Gasteiger partial charge in [-0.3, -0.25) is 4.79 Å². The van der Waals surface area contributed by atoms with Gasteiger partial charge in [0, 0.05) is 16.7 Å². The third-order valence-corrected chi connectivity index (χ3v) is 6.90. The number of carbonyl (C=O) groups excluding carboxylic acids is 2. The number of alkyl halides is 1. The van der Waals surface area contributed by atoms with Crippen LogP contribution in [0.4, 0.5) is 0 Å². The predicted octanol–water partition coefficient (Wildman–Crippen LogP) is 6.29. The van der Waals surface area contributed by atoms with Gasteiger partial charge in [0.25, 0.3) is 0 Å². The van der Waals surface area contributed by atoms with Crippen molar-refractivity contribution in [2.75, 3.05) is 7.11 Å². The molecule has 0 N–H and O–H groups in total. The van der Waals surface area contributed by atoms with Gasteiger partial charge in [0.1, 0.15) is 4.88 Å². The standard InChI is InChI=1S/C22H31ClO3S/c1-4-6-19-14-20(21(27-19)22(25)26-3)16(5-2)9-12-18(24)11-8-15-7-10-17(23)13-15/h8,11,14-17H,4-7,9-10,12-13H2,1-3H3/b11-8+/t15-,16?,17-/m1/s1. The first-order chi connectivity index (χ1) is 13.0. The molecule has 1 aromatic heterocycles. The maximum absolute atomic E-state index is 12.3. The van der Waals surface area contributed by atoms with Crippen molar-refractivity contribution >= 4 is 34.7 Å². The maximum atomic E-state index is 12.3. The Morgan fingerprint density at radius 3 is 2.74 bits per heavy atom. The zero-order chi connectivity index (χ0) is 19.8. The minimum Gasteiger partial charge on any atom is -0.465 e. The number of allylic oxidation sites excluding steroid dienone is 2. The average Bonchev–Trinajstić information content (AvgIpc) is 3.26. The van der Waals surface area contributed by atoms with Crippen molar-refractivity contribution in [2.45, 2.75) is 76.5 Å². The van der Waals surface area contributed by atoms with E-state index in [2.05, 4.69) is 19.9 Å². The lowest BCUT2D eigenvalue weighted by Crippen LogP contribution is -2.07. The molecule has 0 aliphatic heterocycles. The summed E-state index contributed by atoms with van der Waals surface area (Å²) in [6.07, 6.45) is 11.0. The van der Waals surface area contributed by atoms with Gasteiger partial charge in [-0.05, 0) is 68.1 Å². The number of halogens is 1. The van der Waals surface area contributed by atoms with Crippen molar-refractivity contribution in [3.63, 3.8) is 0 Å². The van der Waals surface area contributed by atoms with Crippen LogP contribution in [0.25, 0.3) is 0 Å². The van der Waals surface area contributed by atoms with E-state index in [0.717, 1.165) is 50.5 Å². The summed E-state index contributed by atoms with van der Waals surface area (Å²) >= 11 is 7.67. The van der Waals surface area contributed by atoms with E-state index < -0.39 is 0 Å². The number of thiophene rings is 1. The number of ether oxygens (including phenoxy) is 1. The van der Waals surface area contributed by atoms with E-state index in [1.165, 1.54) is 23.3 Å². The van der Waals surface area contributed by atoms with Crippen LogP contribution in [0.5, 0.6) is 0 Å². The van der Waals surface area contributed by atoms with Gasteiger partial charge in [0.05, 0.1) is 7.11 Å². The first-order valence-electron chi connectivity index (χ1n) is 10.0. The molecule has 0 radical (unpaired) electrons. The Morgan fingerprint density at radius 1 is 1.37 bits per heavy atom. The Hall–Kier alpha value is -1.13. The van der Waals surface area contributed by atoms with Crippen molar-refractivity contribution in [2.24, 2.45) is 5.92 Å². The van der Waals surface area contributed by atoms with Crippen LogP contribution in [-0.4, -0.2) is 24.2 Å². The lowest BCUT2D eigenvalue weighted by Gasteiger charge is -2.14. The summed E-state index contributed by atoms with van der Waals surface area (Å²) in [6.45, 7) is 4.25. The Labute approximate surface area is 172 Å². The van der Waals surface area contributed by atoms with Gasteiger partial charge in [0.15, 0.2) is 5.78 Å². The Kier molecular flexibility index (Phi) is 9.04. The van der Waals surface area contributed by atoms with Gasteiger partial charge in [-0.1, -0.05) is 26.3 Å². The molecule has 1 heterocycles. The fraction of sp³-hybridized carbons (Fsp3) is 0.636. The maximum Gasteiger partial charge on any atom is 0.348 e. The number of rotatable bonds is 10. The molecule has 1 saturated carbocycles. The number of esters is 1. The third-order valence-electron chi connectivity index (χ3n) is 5.31. The van der Waals surface area contributed by atoms with Gasteiger partial charge in [-0.25, -0.2) is 4.79 Å². The molecule has 27 heavy (non-hydrogen) atoms. The minimum absolute atomic E-state index is 0.162. The lowest BCUT2D eigenvalue weighted by molar-refractivity contribution is -0.114. The fourth-order valence-corrected chi connectivity index (χ4v) is 5.36. The lowest BCUT2D eigenvalue weighted by atomic mass is 9.90. The van der Waals surface area contributed by atoms with Gasteiger partial charge >= 0.3 is 5.97 Å². The molecule has 0 aromatic carbocycles. The molecule has 5 heteroatoms. The molecule has 150 valence electrons. The third kappa shape index (κ3) is 6.46. The van der Waals surface area contributed by atoms with Crippen LogP contribution >= 0.6 is 22.9 Å². The van der Waals surface area contributed by atoms with Crippen LogP contribution in [0, 0.1) is 5.92 Å². The number of methoxy groups -OCH3 is 1. The highest BCUT2D eigenvalue weighted by atomic mass is 35.5. The minimum atomic E-state index is -0.265. The van der Waals surface area contributed by atoms with Gasteiger partial charge in [0.2, 0.25) is 0 Å². The summed E-state index contributed by atoms with van der Waals surface area (Å²) in [5.41, 5.74) is 1.05. The summed E-state index contributed by atoms with van der Waals surface area (Å²) < 4.78 is 4.98. The number of hydrogen-bond donors (Lipinski definition) is 0. The molecule has 2 rings (SSSR count). The number of hydrogen-bond acceptors (Lipinski definition) is 4. The Bertz CT molecular complexity index is 665. The second-order valence-electron chi connectivity index (χ2n) is 7.38. The Balaban J connectivity index is 2.00. The Morgan fingerprint density at radius 2 is 2.15 bits per heavy atom. The van der Waals surface area contributed by atoms with E-state index in [-0.39, 0.29) is 23.0 Å². The summed E-state index contributed by atoms with van der Waals surface area (Å²) in [4.78, 5) is 26.4. The predicted molar refractivity (Wildman–Crippen MR) is 113 cm³/mol. The molecule has 1 aliphatic carbocycles. The molecule has 1 aliphatic rings. The van der Waals surface area contributed by atoms with Crippen molar-refractivity contribution in [1.29, 1.82) is 0 Å². The molecule has 0 bridgehead atoms. The highest BCUT2D eigenvalue weighted by Crippen LogP contribution is 2.35. The smallest absolute Gasteiger partial charge is 0.348 e. The molecule has 0 saturated heterocycles. The quantitative estimate of drug-likeness (QED) is 0.258. The van der Waals surface area contributed by atoms with Crippen LogP contribution < -0.4 is 0 Å². The normalized spacial score (nSPS) is 20.9. The number of ketones is 1. The first-order valence-corrected chi connectivity index (χ1v) is 11.3. The van der Waals surface area contributed by atoms with Gasteiger partial charge in [-0.15, -0.1) is 22.9 Å². The molecular weight excluding hydrogens is 380 g/mol. The van der Waals surface area contributed by atoms with Crippen molar-refractivity contribution in [1.82, 2.24) is 0 Å². The summed E-state index contributed by atoms with van der Waals surface area (Å²) in [5, 5.41) is 0.256. The first kappa shape index (κ1) is 22.2. The van der Waals surface area contributed by atoms with E-state index >= 15 is 0 Å². The van der Waals surface area contributed by atoms with E-state index in [0.29, 0.717) is 17.2 Å². The summed E-state index contributed by atoms with van der Waals surface area (Å²) in [5.74, 6) is 0.545. The average molecular weight is 411 g/mol. The van der Waals surface area contributed by atoms with Crippen LogP contribution in [-0.2, 0) is 16.0 Å². The van der Waals surface area contributed by atoms with Gasteiger partial charge < -0.3 is 4.74 Å². The topological polar surface area (TPSA) is 43.4 Å². The van der Waals surface area contributed by atoms with Crippen LogP contribution in [0.3, 0.4) is 0 Å². The monoisotopic (exact) mass is 410 g/mol. The highest BCUT2D eigenvalue weighted by Gasteiger charge is 2.23. The van der Waals surface area contributed by atoms with Crippen molar-refractivity contribution in [3.05, 3.63) is 33.5 Å². The van der Waals surface area contributed by atoms with Crippen molar-refractivity contribution in [3.8, 4) is 0 Å². The van der Waals surface area contributed by atoms with Crippen LogP contribution in [0.15, 0.2) is 18.2 Å². The molecule has 3 nitrogen and oxygen atoms in total. The molecule has 1 aromatic rings. The highest BCUT2D eigenvalue weighted by molar-refractivity contribution is 7.14. The van der Waals surface area contributed by atoms with Crippen LogP contribution in [0.1, 0.15) is 84.8 Å². The molecule has 1 unspecified atom stereocenters. The second kappa shape index (κ2) is 11.0. The largest absolute Gasteiger partial charge is 0.465 e. The molecule has 0 amide bonds. The molecule has 3 atom stereocenters. The number of aryl methyl sites for hydroxylation is 1. The number of carbonyl (C=O) groups is 2. The zero-order valence-corrected chi connectivity index (χ0v) is 18.2. The zero-order valence-electron chi connectivity index (χ0n) is 16.6. The summed E-state index contributed by atoms with van der Waals surface area (Å²) in [6, 6.07) is 2.15.